The van der Waals surface area contributed by atoms with Crippen molar-refractivity contribution in [1.82, 2.24) is 15.2 Å². The molecule has 5 heteroatoms. The summed E-state index contributed by atoms with van der Waals surface area (Å²) in [5.74, 6) is 0.958. The lowest BCUT2D eigenvalue weighted by atomic mass is 10.1. The van der Waals surface area contributed by atoms with Crippen molar-refractivity contribution in [3.8, 4) is 5.75 Å². The van der Waals surface area contributed by atoms with Crippen LogP contribution in [0.4, 0.5) is 0 Å². The molecule has 1 aromatic heterocycles. The second-order valence-electron chi connectivity index (χ2n) is 5.81. The smallest absolute Gasteiger partial charge is 0.130 e. The molecule has 2 aromatic rings. The molecule has 124 valence electrons. The number of nitrogens with zero attached hydrogens (tertiary/aromatic N) is 2. The number of nitrogens with one attached hydrogen (secondary N) is 1. The Morgan fingerprint density at radius 2 is 2.04 bits per heavy atom. The van der Waals surface area contributed by atoms with Gasteiger partial charge in [-0.15, -0.1) is 12.4 Å². The van der Waals surface area contributed by atoms with Crippen LogP contribution in [0.2, 0.25) is 0 Å². The summed E-state index contributed by atoms with van der Waals surface area (Å²) in [6, 6.07) is 14.7. The molecular weight excluding hydrogens is 310 g/mol. The zero-order valence-electron chi connectivity index (χ0n) is 13.4. The molecule has 1 aromatic carbocycles. The quantitative estimate of drug-likeness (QED) is 0.913. The zero-order valence-corrected chi connectivity index (χ0v) is 14.3. The van der Waals surface area contributed by atoms with E-state index in [9.17, 15) is 0 Å². The van der Waals surface area contributed by atoms with Crippen LogP contribution in [0.1, 0.15) is 18.2 Å². The number of hydrogen-bond acceptors (Lipinski definition) is 4. The summed E-state index contributed by atoms with van der Waals surface area (Å²) in [5, 5.41) is 3.48. The van der Waals surface area contributed by atoms with Gasteiger partial charge in [0, 0.05) is 44.0 Å². The summed E-state index contributed by atoms with van der Waals surface area (Å²) >= 11 is 0. The summed E-state index contributed by atoms with van der Waals surface area (Å²) in [7, 11) is 0. The van der Waals surface area contributed by atoms with Crippen molar-refractivity contribution in [1.29, 1.82) is 0 Å². The maximum atomic E-state index is 5.99. The molecule has 1 fully saturated rings. The predicted molar refractivity (Wildman–Crippen MR) is 95.0 cm³/mol. The Hall–Kier alpha value is -1.62. The molecule has 0 bridgehead atoms. The highest BCUT2D eigenvalue weighted by atomic mass is 35.5. The molecule has 0 saturated carbocycles. The van der Waals surface area contributed by atoms with Gasteiger partial charge in [0.2, 0.25) is 0 Å². The van der Waals surface area contributed by atoms with E-state index in [1.807, 2.05) is 30.3 Å². The largest absolute Gasteiger partial charge is 0.487 e. The van der Waals surface area contributed by atoms with Crippen molar-refractivity contribution in [3.63, 3.8) is 0 Å². The lowest BCUT2D eigenvalue weighted by molar-refractivity contribution is 0.195. The van der Waals surface area contributed by atoms with Crippen molar-refractivity contribution < 1.29 is 4.74 Å². The highest BCUT2D eigenvalue weighted by molar-refractivity contribution is 5.85. The van der Waals surface area contributed by atoms with E-state index in [2.05, 4.69) is 34.3 Å². The predicted octanol–water partition coefficient (Wildman–Crippen LogP) is 2.88. The summed E-state index contributed by atoms with van der Waals surface area (Å²) in [4.78, 5) is 6.78. The molecule has 1 N–H and O–H groups in total. The van der Waals surface area contributed by atoms with Crippen LogP contribution in [-0.2, 0) is 13.2 Å². The van der Waals surface area contributed by atoms with Crippen LogP contribution >= 0.6 is 12.4 Å². The Balaban J connectivity index is 0.00000192. The Morgan fingerprint density at radius 3 is 2.83 bits per heavy atom. The van der Waals surface area contributed by atoms with Gasteiger partial charge in [0.25, 0.3) is 0 Å². The van der Waals surface area contributed by atoms with Crippen LogP contribution in [0.3, 0.4) is 0 Å². The number of aromatic nitrogens is 1. The van der Waals surface area contributed by atoms with E-state index in [0.29, 0.717) is 12.6 Å². The molecule has 23 heavy (non-hydrogen) atoms. The van der Waals surface area contributed by atoms with Crippen LogP contribution in [0.5, 0.6) is 5.75 Å². The first-order valence-corrected chi connectivity index (χ1v) is 7.87. The average molecular weight is 334 g/mol. The monoisotopic (exact) mass is 333 g/mol. The summed E-state index contributed by atoms with van der Waals surface area (Å²) < 4.78 is 5.99. The van der Waals surface area contributed by atoms with Crippen molar-refractivity contribution in [2.24, 2.45) is 0 Å². The Kier molecular flexibility index (Phi) is 6.84. The van der Waals surface area contributed by atoms with Gasteiger partial charge < -0.3 is 10.1 Å². The van der Waals surface area contributed by atoms with Gasteiger partial charge >= 0.3 is 0 Å². The third-order valence-electron chi connectivity index (χ3n) is 3.92. The second kappa shape index (κ2) is 8.87. The SMILES string of the molecule is CC1CN(Cc2ccccc2OCc2ccccn2)CCN1.Cl. The number of rotatable bonds is 5. The molecule has 0 amide bonds. The van der Waals surface area contributed by atoms with Gasteiger partial charge in [0.05, 0.1) is 5.69 Å². The van der Waals surface area contributed by atoms with Crippen molar-refractivity contribution in [2.75, 3.05) is 19.6 Å². The molecule has 1 saturated heterocycles. The van der Waals surface area contributed by atoms with Crippen LogP contribution in [0.15, 0.2) is 48.7 Å². The third kappa shape index (κ3) is 5.20. The minimum atomic E-state index is 0. The fourth-order valence-electron chi connectivity index (χ4n) is 2.81. The first-order valence-electron chi connectivity index (χ1n) is 7.87. The summed E-state index contributed by atoms with van der Waals surface area (Å²) in [6.07, 6.45) is 1.80. The standard InChI is InChI=1S/C18H23N3O.ClH/c1-15-12-21(11-10-19-15)13-16-6-2-3-8-18(16)22-14-17-7-4-5-9-20-17;/h2-9,15,19H,10-14H2,1H3;1H. The molecule has 1 atom stereocenters. The van der Waals surface area contributed by atoms with Crippen LogP contribution in [0, 0.1) is 0 Å². The Bertz CT molecular complexity index is 594. The number of para-hydroxylation sites is 1. The molecule has 2 heterocycles. The first kappa shape index (κ1) is 17.7. The molecule has 1 aliphatic rings. The Morgan fingerprint density at radius 1 is 1.22 bits per heavy atom. The van der Waals surface area contributed by atoms with E-state index in [4.69, 9.17) is 4.74 Å². The number of ether oxygens (including phenoxy) is 1. The molecule has 4 nitrogen and oxygen atoms in total. The lowest BCUT2D eigenvalue weighted by Crippen LogP contribution is -2.48. The van der Waals surface area contributed by atoms with E-state index in [1.165, 1.54) is 5.56 Å². The number of piperazine rings is 1. The van der Waals surface area contributed by atoms with E-state index < -0.39 is 0 Å². The first-order chi connectivity index (χ1) is 10.8. The fourth-order valence-corrected chi connectivity index (χ4v) is 2.81. The minimum absolute atomic E-state index is 0. The number of pyridine rings is 1. The van der Waals surface area contributed by atoms with E-state index in [0.717, 1.165) is 37.6 Å². The molecule has 1 unspecified atom stereocenters. The molecule has 0 spiro atoms. The van der Waals surface area contributed by atoms with Crippen LogP contribution in [-0.4, -0.2) is 35.6 Å². The van der Waals surface area contributed by atoms with Gasteiger partial charge in [-0.25, -0.2) is 0 Å². The fraction of sp³-hybridized carbons (Fsp3) is 0.389. The van der Waals surface area contributed by atoms with Gasteiger partial charge in [-0.3, -0.25) is 9.88 Å². The van der Waals surface area contributed by atoms with Crippen molar-refractivity contribution in [3.05, 3.63) is 59.9 Å². The highest BCUT2D eigenvalue weighted by Crippen LogP contribution is 2.21. The molecule has 0 radical (unpaired) electrons. The van der Waals surface area contributed by atoms with Crippen molar-refractivity contribution in [2.45, 2.75) is 26.1 Å². The highest BCUT2D eigenvalue weighted by Gasteiger charge is 2.17. The topological polar surface area (TPSA) is 37.4 Å². The van der Waals surface area contributed by atoms with Gasteiger partial charge in [0.15, 0.2) is 0 Å². The second-order valence-corrected chi connectivity index (χ2v) is 5.81. The Labute approximate surface area is 144 Å². The van der Waals surface area contributed by atoms with E-state index in [1.54, 1.807) is 6.20 Å². The maximum absolute atomic E-state index is 5.99. The van der Waals surface area contributed by atoms with Gasteiger partial charge in [-0.2, -0.15) is 0 Å². The average Bonchev–Trinajstić information content (AvgIpc) is 2.55. The van der Waals surface area contributed by atoms with Crippen LogP contribution in [0.25, 0.3) is 0 Å². The molecule has 0 aliphatic carbocycles. The van der Waals surface area contributed by atoms with Gasteiger partial charge in [-0.05, 0) is 25.1 Å². The number of hydrogen-bond donors (Lipinski definition) is 1. The molecule has 1 aliphatic heterocycles. The zero-order chi connectivity index (χ0) is 15.2. The van der Waals surface area contributed by atoms with Gasteiger partial charge in [0.1, 0.15) is 12.4 Å². The number of halogens is 1. The number of benzene rings is 1. The van der Waals surface area contributed by atoms with Crippen LogP contribution < -0.4 is 10.1 Å². The van der Waals surface area contributed by atoms with Crippen molar-refractivity contribution >= 4 is 12.4 Å². The normalized spacial score (nSPS) is 18.2. The van der Waals surface area contributed by atoms with Gasteiger partial charge in [-0.1, -0.05) is 24.3 Å². The molecular formula is C18H24ClN3O. The lowest BCUT2D eigenvalue weighted by Gasteiger charge is -2.32. The molecule has 3 rings (SSSR count). The summed E-state index contributed by atoms with van der Waals surface area (Å²) in [5.41, 5.74) is 2.20. The third-order valence-corrected chi connectivity index (χ3v) is 3.92. The summed E-state index contributed by atoms with van der Waals surface area (Å²) in [6.45, 7) is 6.89. The van der Waals surface area contributed by atoms with E-state index in [-0.39, 0.29) is 12.4 Å². The van der Waals surface area contributed by atoms with E-state index >= 15 is 0 Å². The maximum Gasteiger partial charge on any atom is 0.130 e. The minimum Gasteiger partial charge on any atom is -0.487 e.